The Labute approximate surface area is 363 Å². The fourth-order valence-electron chi connectivity index (χ4n) is 8.07. The zero-order valence-electron chi connectivity index (χ0n) is 35.3. The van der Waals surface area contributed by atoms with E-state index in [0.29, 0.717) is 61.7 Å². The average Bonchev–Trinajstić information content (AvgIpc) is 3.91. The molecular weight excluding hydrogens is 812 g/mol. The quantitative estimate of drug-likeness (QED) is 0.0926. The van der Waals surface area contributed by atoms with E-state index in [4.69, 9.17) is 21.4 Å². The van der Waals surface area contributed by atoms with Crippen LogP contribution in [0.25, 0.3) is 16.5 Å². The number of halogens is 1. The van der Waals surface area contributed by atoms with E-state index in [1.165, 1.54) is 41.8 Å². The largest absolute Gasteiger partial charge is 0.494 e. The molecule has 322 valence electrons. The zero-order valence-corrected chi connectivity index (χ0v) is 36.9. The summed E-state index contributed by atoms with van der Waals surface area (Å²) in [6.07, 6.45) is 7.52. The molecule has 7 rings (SSSR count). The number of fused-ring (bicyclic) bond motifs is 2. The van der Waals surface area contributed by atoms with Crippen LogP contribution in [0.5, 0.6) is 5.75 Å². The van der Waals surface area contributed by atoms with E-state index in [0.717, 1.165) is 68.3 Å². The molecule has 2 aliphatic heterocycles. The van der Waals surface area contributed by atoms with E-state index < -0.39 is 15.9 Å². The van der Waals surface area contributed by atoms with E-state index >= 15 is 0 Å². The number of benzene rings is 4. The van der Waals surface area contributed by atoms with Gasteiger partial charge in [-0.1, -0.05) is 74.7 Å². The van der Waals surface area contributed by atoms with Crippen molar-refractivity contribution in [1.82, 2.24) is 29.2 Å². The highest BCUT2D eigenvalue weighted by Gasteiger charge is 2.30. The number of carbonyl (C=O) groups excluding carboxylic acids is 3. The molecule has 0 aliphatic carbocycles. The van der Waals surface area contributed by atoms with Crippen LogP contribution in [-0.2, 0) is 23.0 Å². The lowest BCUT2D eigenvalue weighted by atomic mass is 9.98. The van der Waals surface area contributed by atoms with Gasteiger partial charge in [-0.25, -0.2) is 17.8 Å². The topological polar surface area (TPSA) is 134 Å². The standard InChI is InChI=1S/C47H55ClN6O6S/c1-4-6-25-52(26-7-5-2)47(57)44-43(48)33(3)54(49-44)42-20-17-36(31-41(42)46(56)53-27-21-34-13-8-9-14-37(34)32-53)45(55)50-61(58,59)40-19-16-35-15-18-39(29-38(35)30-40)60-28-12-24-51-22-10-11-23-51/h8-9,13-20,29-31H,4-7,10-12,21-28,32H2,1-3H3,(H,50,55). The molecule has 0 bridgehead atoms. The average molecular weight is 868 g/mol. The number of nitrogens with zero attached hydrogens (tertiary/aromatic N) is 5. The molecule has 1 aromatic heterocycles. The van der Waals surface area contributed by atoms with E-state index in [1.54, 1.807) is 34.9 Å². The van der Waals surface area contributed by atoms with Crippen molar-refractivity contribution in [3.8, 4) is 11.4 Å². The number of hydrogen-bond acceptors (Lipinski definition) is 8. The summed E-state index contributed by atoms with van der Waals surface area (Å²) < 4.78 is 37.3. The smallest absolute Gasteiger partial charge is 0.275 e. The molecule has 0 atom stereocenters. The van der Waals surface area contributed by atoms with Crippen LogP contribution in [0, 0.1) is 6.92 Å². The van der Waals surface area contributed by atoms with E-state index in [2.05, 4.69) is 23.5 Å². The minimum Gasteiger partial charge on any atom is -0.494 e. The van der Waals surface area contributed by atoms with Gasteiger partial charge in [0.15, 0.2) is 5.69 Å². The maximum absolute atomic E-state index is 14.6. The Hall–Kier alpha value is -5.24. The van der Waals surface area contributed by atoms with Crippen molar-refractivity contribution in [2.45, 2.75) is 83.6 Å². The zero-order chi connectivity index (χ0) is 43.1. The van der Waals surface area contributed by atoms with Crippen LogP contribution >= 0.6 is 11.6 Å². The maximum Gasteiger partial charge on any atom is 0.275 e. The molecule has 4 aromatic carbocycles. The fourth-order valence-corrected chi connectivity index (χ4v) is 9.28. The Bertz CT molecular complexity index is 2510. The lowest BCUT2D eigenvalue weighted by molar-refractivity contribution is 0.0732. The predicted molar refractivity (Wildman–Crippen MR) is 238 cm³/mol. The van der Waals surface area contributed by atoms with Gasteiger partial charge < -0.3 is 19.4 Å². The first-order chi connectivity index (χ1) is 29.5. The lowest BCUT2D eigenvalue weighted by Crippen LogP contribution is -2.37. The van der Waals surface area contributed by atoms with Gasteiger partial charge in [-0.05, 0) is 123 Å². The summed E-state index contributed by atoms with van der Waals surface area (Å²) in [5.41, 5.74) is 3.06. The maximum atomic E-state index is 14.6. The van der Waals surface area contributed by atoms with Crippen LogP contribution in [0.2, 0.25) is 5.02 Å². The SMILES string of the molecule is CCCCN(CCCC)C(=O)c1nn(-c2ccc(C(=O)NS(=O)(=O)c3ccc4ccc(OCCCN5CCCC5)cc4c3)cc2C(=O)N2CCc3ccccc3C2)c(C)c1Cl. The highest BCUT2D eigenvalue weighted by molar-refractivity contribution is 7.90. The Kier molecular flexibility index (Phi) is 14.1. The molecule has 5 aromatic rings. The summed E-state index contributed by atoms with van der Waals surface area (Å²) in [5.74, 6) is -0.941. The summed E-state index contributed by atoms with van der Waals surface area (Å²) >= 11 is 6.85. The number of rotatable bonds is 17. The van der Waals surface area contributed by atoms with Crippen LogP contribution in [-0.4, -0.2) is 96.5 Å². The number of likely N-dealkylation sites (tertiary alicyclic amines) is 1. The van der Waals surface area contributed by atoms with Crippen LogP contribution in [0.1, 0.15) is 107 Å². The molecule has 0 radical (unpaired) electrons. The minimum absolute atomic E-state index is 0.0454. The molecule has 1 fully saturated rings. The first-order valence-electron chi connectivity index (χ1n) is 21.5. The molecule has 14 heteroatoms. The molecule has 2 aliphatic rings. The molecule has 3 amide bonds. The Morgan fingerprint density at radius 2 is 1.57 bits per heavy atom. The third-order valence-corrected chi connectivity index (χ3v) is 13.4. The second-order valence-electron chi connectivity index (χ2n) is 16.0. The van der Waals surface area contributed by atoms with Crippen LogP contribution in [0.15, 0.2) is 83.8 Å². The molecule has 3 heterocycles. The van der Waals surface area contributed by atoms with Gasteiger partial charge in [-0.2, -0.15) is 5.10 Å². The van der Waals surface area contributed by atoms with Gasteiger partial charge >= 0.3 is 0 Å². The highest BCUT2D eigenvalue weighted by atomic mass is 35.5. The summed E-state index contributed by atoms with van der Waals surface area (Å²) in [4.78, 5) is 48.2. The number of carbonyl (C=O) groups is 3. The number of hydrogen-bond donors (Lipinski definition) is 1. The highest BCUT2D eigenvalue weighted by Crippen LogP contribution is 2.30. The van der Waals surface area contributed by atoms with Crippen molar-refractivity contribution in [2.24, 2.45) is 0 Å². The number of ether oxygens (including phenoxy) is 1. The first-order valence-corrected chi connectivity index (χ1v) is 23.3. The third-order valence-electron chi connectivity index (χ3n) is 11.6. The summed E-state index contributed by atoms with van der Waals surface area (Å²) in [5, 5.41) is 6.34. The fraction of sp³-hybridized carbons (Fsp3) is 0.404. The monoisotopic (exact) mass is 866 g/mol. The molecular formula is C47H55ClN6O6S. The molecule has 12 nitrogen and oxygen atoms in total. The second kappa shape index (κ2) is 19.6. The number of amides is 3. The molecule has 1 N–H and O–H groups in total. The normalized spacial score (nSPS) is 14.3. The molecule has 0 spiro atoms. The van der Waals surface area contributed by atoms with E-state index in [1.807, 2.05) is 36.4 Å². The van der Waals surface area contributed by atoms with Gasteiger partial charge in [0, 0.05) is 38.3 Å². The van der Waals surface area contributed by atoms with Crippen molar-refractivity contribution < 1.29 is 27.5 Å². The van der Waals surface area contributed by atoms with E-state index in [-0.39, 0.29) is 38.6 Å². The van der Waals surface area contributed by atoms with Gasteiger partial charge in [0.05, 0.1) is 33.5 Å². The van der Waals surface area contributed by atoms with E-state index in [9.17, 15) is 22.8 Å². The molecule has 0 unspecified atom stereocenters. The summed E-state index contributed by atoms with van der Waals surface area (Å²) in [7, 11) is -4.35. The number of aromatic nitrogens is 2. The van der Waals surface area contributed by atoms with Crippen molar-refractivity contribution in [2.75, 3.05) is 45.9 Å². The summed E-state index contributed by atoms with van der Waals surface area (Å²) in [6.45, 7) is 11.6. The minimum atomic E-state index is -4.35. The second-order valence-corrected chi connectivity index (χ2v) is 18.1. The predicted octanol–water partition coefficient (Wildman–Crippen LogP) is 8.21. The number of nitrogens with one attached hydrogen (secondary N) is 1. The summed E-state index contributed by atoms with van der Waals surface area (Å²) in [6, 6.07) is 22.5. The molecule has 61 heavy (non-hydrogen) atoms. The van der Waals surface area contributed by atoms with Gasteiger partial charge in [-0.15, -0.1) is 0 Å². The van der Waals surface area contributed by atoms with Crippen LogP contribution < -0.4 is 9.46 Å². The van der Waals surface area contributed by atoms with Gasteiger partial charge in [0.1, 0.15) is 5.75 Å². The van der Waals surface area contributed by atoms with Gasteiger partial charge in [-0.3, -0.25) is 14.4 Å². The third kappa shape index (κ3) is 10.1. The molecule has 1 saturated heterocycles. The van der Waals surface area contributed by atoms with Crippen molar-refractivity contribution >= 4 is 50.1 Å². The van der Waals surface area contributed by atoms with Gasteiger partial charge in [0.2, 0.25) is 0 Å². The Morgan fingerprint density at radius 1 is 0.852 bits per heavy atom. The Balaban J connectivity index is 1.16. The first kappa shape index (κ1) is 43.8. The Morgan fingerprint density at radius 3 is 2.31 bits per heavy atom. The van der Waals surface area contributed by atoms with Crippen molar-refractivity contribution in [1.29, 1.82) is 0 Å². The molecule has 0 saturated carbocycles. The van der Waals surface area contributed by atoms with Crippen LogP contribution in [0.3, 0.4) is 0 Å². The van der Waals surface area contributed by atoms with Crippen molar-refractivity contribution in [3.05, 3.63) is 118 Å². The number of sulfonamides is 1. The number of unbranched alkanes of at least 4 members (excludes halogenated alkanes) is 2. The van der Waals surface area contributed by atoms with Gasteiger partial charge in [0.25, 0.3) is 27.7 Å². The van der Waals surface area contributed by atoms with Crippen molar-refractivity contribution in [3.63, 3.8) is 0 Å². The van der Waals surface area contributed by atoms with Crippen LogP contribution in [0.4, 0.5) is 0 Å². The lowest BCUT2D eigenvalue weighted by Gasteiger charge is -2.29.